The molecule has 6 aromatic rings. The van der Waals surface area contributed by atoms with E-state index in [2.05, 4.69) is 164 Å². The average molecular weight is 539 g/mol. The van der Waals surface area contributed by atoms with Crippen LogP contribution < -0.4 is 20.5 Å². The highest BCUT2D eigenvalue weighted by atomic mass is 16.5. The smallest absolute Gasteiger partial charge is 0.335 e. The normalized spacial score (nSPS) is 14.2. The highest BCUT2D eigenvalue weighted by molar-refractivity contribution is 6.91. The van der Waals surface area contributed by atoms with Gasteiger partial charge in [-0.1, -0.05) is 147 Å². The lowest BCUT2D eigenvalue weighted by molar-refractivity contribution is 0.487. The zero-order valence-electron chi connectivity index (χ0n) is 23.8. The molecule has 0 bridgehead atoms. The van der Waals surface area contributed by atoms with Gasteiger partial charge in [-0.3, -0.25) is 0 Å². The van der Waals surface area contributed by atoms with Gasteiger partial charge in [0, 0.05) is 27.9 Å². The maximum absolute atomic E-state index is 6.52. The predicted octanol–water partition coefficient (Wildman–Crippen LogP) is 8.71. The van der Waals surface area contributed by atoms with Crippen molar-refractivity contribution >= 4 is 29.1 Å². The summed E-state index contributed by atoms with van der Waals surface area (Å²) in [6.45, 7) is 4.66. The number of benzene rings is 6. The fourth-order valence-electron chi connectivity index (χ4n) is 6.99. The van der Waals surface area contributed by atoms with Crippen LogP contribution in [0.15, 0.2) is 146 Å². The van der Waals surface area contributed by atoms with Gasteiger partial charge in [-0.2, -0.15) is 0 Å². The van der Waals surface area contributed by atoms with Crippen molar-refractivity contribution in [1.29, 1.82) is 0 Å². The van der Waals surface area contributed by atoms with Crippen LogP contribution in [0.1, 0.15) is 25.0 Å². The van der Waals surface area contributed by atoms with Gasteiger partial charge in [-0.25, -0.2) is 0 Å². The Balaban J connectivity index is 1.53. The number of nitrogens with zero attached hydrogens (tertiary/aromatic N) is 1. The summed E-state index contributed by atoms with van der Waals surface area (Å²) in [7, 11) is 0. The second-order valence-electron chi connectivity index (χ2n) is 11.7. The third-order valence-electron chi connectivity index (χ3n) is 8.98. The number of hydrogen-bond acceptors (Lipinski definition) is 2. The van der Waals surface area contributed by atoms with E-state index in [9.17, 15) is 0 Å². The molecule has 2 heterocycles. The SMILES string of the molecule is CC1(C)c2cccc(-c3ccccc3)c2N(B2c3ccccc3Oc3ccccc32)c2c(-c3ccccc3)cccc21. The minimum Gasteiger partial charge on any atom is -0.458 e. The van der Waals surface area contributed by atoms with E-state index < -0.39 is 0 Å². The molecule has 0 saturated carbocycles. The van der Waals surface area contributed by atoms with E-state index in [1.54, 1.807) is 0 Å². The lowest BCUT2D eigenvalue weighted by atomic mass is 9.46. The molecule has 0 radical (unpaired) electrons. The minimum absolute atomic E-state index is 0.0884. The lowest BCUT2D eigenvalue weighted by Gasteiger charge is -2.47. The lowest BCUT2D eigenvalue weighted by Crippen LogP contribution is -2.59. The van der Waals surface area contributed by atoms with Crippen LogP contribution in [0.5, 0.6) is 11.5 Å². The van der Waals surface area contributed by atoms with Crippen molar-refractivity contribution in [1.82, 2.24) is 0 Å². The Kier molecular flexibility index (Phi) is 5.62. The van der Waals surface area contributed by atoms with E-state index in [-0.39, 0.29) is 12.3 Å². The van der Waals surface area contributed by atoms with E-state index in [0.29, 0.717) is 0 Å². The second-order valence-corrected chi connectivity index (χ2v) is 11.7. The predicted molar refractivity (Wildman–Crippen MR) is 176 cm³/mol. The molecule has 42 heavy (non-hydrogen) atoms. The monoisotopic (exact) mass is 539 g/mol. The van der Waals surface area contributed by atoms with Gasteiger partial charge < -0.3 is 9.55 Å². The minimum atomic E-state index is -0.221. The zero-order valence-corrected chi connectivity index (χ0v) is 23.8. The van der Waals surface area contributed by atoms with Crippen LogP contribution in [0.4, 0.5) is 11.4 Å². The molecule has 0 unspecified atom stereocenters. The topological polar surface area (TPSA) is 12.5 Å². The summed E-state index contributed by atoms with van der Waals surface area (Å²) in [5.41, 5.74) is 12.1. The summed E-state index contributed by atoms with van der Waals surface area (Å²) in [5.74, 6) is 1.81. The molecule has 0 N–H and O–H groups in total. The van der Waals surface area contributed by atoms with Crippen LogP contribution in [0.3, 0.4) is 0 Å². The van der Waals surface area contributed by atoms with Gasteiger partial charge in [-0.15, -0.1) is 0 Å². The van der Waals surface area contributed by atoms with E-state index in [0.717, 1.165) is 11.5 Å². The van der Waals surface area contributed by atoms with Crippen molar-refractivity contribution in [2.24, 2.45) is 0 Å². The van der Waals surface area contributed by atoms with Gasteiger partial charge in [0.25, 0.3) is 0 Å². The molecule has 0 fully saturated rings. The molecule has 0 amide bonds. The average Bonchev–Trinajstić information content (AvgIpc) is 3.05. The van der Waals surface area contributed by atoms with Crippen LogP contribution in [-0.4, -0.2) is 6.85 Å². The molecule has 0 atom stereocenters. The van der Waals surface area contributed by atoms with E-state index in [1.807, 2.05) is 0 Å². The fraction of sp³-hybridized carbons (Fsp3) is 0.0769. The molecule has 0 saturated heterocycles. The first kappa shape index (κ1) is 24.8. The van der Waals surface area contributed by atoms with E-state index >= 15 is 0 Å². The first-order valence-corrected chi connectivity index (χ1v) is 14.7. The zero-order chi connectivity index (χ0) is 28.3. The third kappa shape index (κ3) is 3.67. The molecular formula is C39H30BNO. The fourth-order valence-corrected chi connectivity index (χ4v) is 6.99. The maximum atomic E-state index is 6.52. The number of hydrogen-bond donors (Lipinski definition) is 0. The first-order valence-electron chi connectivity index (χ1n) is 14.7. The molecule has 0 aliphatic carbocycles. The van der Waals surface area contributed by atoms with Crippen molar-refractivity contribution in [3.8, 4) is 33.8 Å². The number of fused-ring (bicyclic) bond motifs is 4. The molecule has 0 aromatic heterocycles. The Hall–Kier alpha value is -5.02. The standard InChI is InChI=1S/C39H30BNO/c1-39(2)31-21-13-19-29(27-15-5-3-6-16-27)37(31)41(38-30(20-14-22-32(38)39)28-17-7-4-8-18-28)40-33-23-9-11-25-35(33)42-36-26-12-10-24-34(36)40/h3-26H,1-2H3. The van der Waals surface area contributed by atoms with Crippen molar-refractivity contribution in [3.63, 3.8) is 0 Å². The number of para-hydroxylation sites is 4. The molecule has 2 nitrogen and oxygen atoms in total. The first-order chi connectivity index (χ1) is 20.6. The highest BCUT2D eigenvalue weighted by Crippen LogP contribution is 2.55. The van der Waals surface area contributed by atoms with E-state index in [1.165, 1.54) is 55.7 Å². The van der Waals surface area contributed by atoms with Gasteiger partial charge in [0.2, 0.25) is 0 Å². The van der Waals surface area contributed by atoms with Crippen molar-refractivity contribution in [3.05, 3.63) is 157 Å². The molecule has 2 aliphatic heterocycles. The molecular weight excluding hydrogens is 509 g/mol. The van der Waals surface area contributed by atoms with Crippen molar-refractivity contribution in [2.75, 3.05) is 4.81 Å². The largest absolute Gasteiger partial charge is 0.458 e. The molecule has 2 aliphatic rings. The van der Waals surface area contributed by atoms with Crippen LogP contribution >= 0.6 is 0 Å². The Morgan fingerprint density at radius 3 is 1.38 bits per heavy atom. The summed E-state index contributed by atoms with van der Waals surface area (Å²) in [6.07, 6.45) is 0. The summed E-state index contributed by atoms with van der Waals surface area (Å²) in [6, 6.07) is 52.3. The molecule has 8 rings (SSSR count). The maximum Gasteiger partial charge on any atom is 0.335 e. The Bertz CT molecular complexity index is 1810. The Morgan fingerprint density at radius 1 is 0.476 bits per heavy atom. The summed E-state index contributed by atoms with van der Waals surface area (Å²) >= 11 is 0. The summed E-state index contributed by atoms with van der Waals surface area (Å²) in [4.78, 5) is 2.63. The second kappa shape index (κ2) is 9.53. The van der Waals surface area contributed by atoms with Crippen LogP contribution in [-0.2, 0) is 5.41 Å². The van der Waals surface area contributed by atoms with Crippen LogP contribution in [0, 0.1) is 0 Å². The quantitative estimate of drug-likeness (QED) is 0.209. The highest BCUT2D eigenvalue weighted by Gasteiger charge is 2.46. The van der Waals surface area contributed by atoms with Gasteiger partial charge in [-0.05, 0) is 45.3 Å². The van der Waals surface area contributed by atoms with Crippen molar-refractivity contribution < 1.29 is 4.74 Å². The summed E-state index contributed by atoms with van der Waals surface area (Å²) in [5, 5.41) is 0. The van der Waals surface area contributed by atoms with E-state index in [4.69, 9.17) is 4.74 Å². The van der Waals surface area contributed by atoms with Crippen molar-refractivity contribution in [2.45, 2.75) is 19.3 Å². The molecule has 3 heteroatoms. The molecule has 200 valence electrons. The molecule has 0 spiro atoms. The van der Waals surface area contributed by atoms with Gasteiger partial charge in [0.05, 0.1) is 0 Å². The van der Waals surface area contributed by atoms with Gasteiger partial charge >= 0.3 is 6.85 Å². The van der Waals surface area contributed by atoms with Gasteiger partial charge in [0.15, 0.2) is 0 Å². The number of anilines is 2. The Morgan fingerprint density at radius 2 is 0.905 bits per heavy atom. The van der Waals surface area contributed by atoms with Crippen LogP contribution in [0.2, 0.25) is 0 Å². The van der Waals surface area contributed by atoms with Crippen LogP contribution in [0.25, 0.3) is 22.3 Å². The Labute approximate surface area is 248 Å². The number of rotatable bonds is 3. The van der Waals surface area contributed by atoms with Gasteiger partial charge in [0.1, 0.15) is 11.5 Å². The summed E-state index contributed by atoms with van der Waals surface area (Å²) < 4.78 is 6.52. The third-order valence-corrected chi connectivity index (χ3v) is 8.98. The molecule has 6 aromatic carbocycles. The number of ether oxygens (including phenoxy) is 1.